The largest absolute Gasteiger partial charge is 0.465 e. The predicted molar refractivity (Wildman–Crippen MR) is 89.5 cm³/mol. The summed E-state index contributed by atoms with van der Waals surface area (Å²) < 4.78 is 5.31. The molecule has 2 fully saturated rings. The number of likely N-dealkylation sites (N-methyl/N-ethyl adjacent to an activating group) is 1. The van der Waals surface area contributed by atoms with Gasteiger partial charge in [0.2, 0.25) is 0 Å². The van der Waals surface area contributed by atoms with Gasteiger partial charge < -0.3 is 10.5 Å². The van der Waals surface area contributed by atoms with Crippen LogP contribution in [0, 0.1) is 16.7 Å². The summed E-state index contributed by atoms with van der Waals surface area (Å²) in [6.45, 7) is 15.5. The average Bonchev–Trinajstić information content (AvgIpc) is 2.80. The fraction of sp³-hybridized carbons (Fsp3) is 0.944. The van der Waals surface area contributed by atoms with Crippen molar-refractivity contribution in [3.05, 3.63) is 0 Å². The fourth-order valence-electron chi connectivity index (χ4n) is 5.69. The third-order valence-corrected chi connectivity index (χ3v) is 7.33. The summed E-state index contributed by atoms with van der Waals surface area (Å²) in [6.07, 6.45) is 3.41. The van der Waals surface area contributed by atoms with Crippen molar-refractivity contribution in [3.63, 3.8) is 0 Å². The number of carbonyl (C=O) groups is 1. The highest BCUT2D eigenvalue weighted by atomic mass is 16.5. The molecule has 0 aromatic heterocycles. The fourth-order valence-corrected chi connectivity index (χ4v) is 5.69. The topological polar surface area (TPSA) is 55.6 Å². The van der Waals surface area contributed by atoms with Gasteiger partial charge in [-0.15, -0.1) is 0 Å². The summed E-state index contributed by atoms with van der Waals surface area (Å²) >= 11 is 0. The number of carbonyl (C=O) groups excluding carboxylic acids is 1. The first kappa shape index (κ1) is 17.7. The molecule has 2 saturated carbocycles. The van der Waals surface area contributed by atoms with Crippen LogP contribution in [0.25, 0.3) is 0 Å². The molecule has 0 heterocycles. The van der Waals surface area contributed by atoms with Gasteiger partial charge in [0.15, 0.2) is 0 Å². The third kappa shape index (κ3) is 1.99. The SMILES string of the molecule is CCOC(=O)[C@H](N)[C@@]1(N(CC)CC)C[C@H]2CC[C@@]1(C)C2(C)C. The van der Waals surface area contributed by atoms with Gasteiger partial charge in [0.1, 0.15) is 6.04 Å². The maximum atomic E-state index is 12.5. The number of ether oxygens (including phenoxy) is 1. The number of hydrogen-bond donors (Lipinski definition) is 1. The van der Waals surface area contributed by atoms with Crippen LogP contribution >= 0.6 is 0 Å². The van der Waals surface area contributed by atoms with E-state index in [1.807, 2.05) is 6.92 Å². The van der Waals surface area contributed by atoms with Gasteiger partial charge in [-0.2, -0.15) is 0 Å². The number of nitrogens with zero attached hydrogens (tertiary/aromatic N) is 1. The lowest BCUT2D eigenvalue weighted by atomic mass is 9.59. The van der Waals surface area contributed by atoms with E-state index in [0.717, 1.165) is 25.9 Å². The highest BCUT2D eigenvalue weighted by molar-refractivity contribution is 5.78. The van der Waals surface area contributed by atoms with Crippen LogP contribution < -0.4 is 5.73 Å². The van der Waals surface area contributed by atoms with E-state index >= 15 is 0 Å². The van der Waals surface area contributed by atoms with Crippen LogP contribution in [0.5, 0.6) is 0 Å². The molecule has 128 valence electrons. The van der Waals surface area contributed by atoms with Crippen molar-refractivity contribution in [2.75, 3.05) is 19.7 Å². The van der Waals surface area contributed by atoms with Gasteiger partial charge in [0.25, 0.3) is 0 Å². The zero-order chi connectivity index (χ0) is 16.8. The van der Waals surface area contributed by atoms with Crippen LogP contribution in [0.2, 0.25) is 0 Å². The van der Waals surface area contributed by atoms with E-state index in [-0.39, 0.29) is 22.3 Å². The van der Waals surface area contributed by atoms with E-state index in [1.54, 1.807) is 0 Å². The molecule has 4 heteroatoms. The molecule has 0 spiro atoms. The minimum atomic E-state index is -0.568. The quantitative estimate of drug-likeness (QED) is 0.767. The number of nitrogens with two attached hydrogens (primary N) is 1. The highest BCUT2D eigenvalue weighted by Crippen LogP contribution is 2.71. The molecule has 22 heavy (non-hydrogen) atoms. The van der Waals surface area contributed by atoms with Crippen LogP contribution in [0.15, 0.2) is 0 Å². The molecule has 0 aromatic rings. The molecule has 0 unspecified atom stereocenters. The molecule has 2 N–H and O–H groups in total. The molecule has 2 rings (SSSR count). The van der Waals surface area contributed by atoms with Crippen LogP contribution in [-0.4, -0.2) is 42.1 Å². The van der Waals surface area contributed by atoms with E-state index in [4.69, 9.17) is 10.5 Å². The van der Waals surface area contributed by atoms with E-state index < -0.39 is 6.04 Å². The van der Waals surface area contributed by atoms with E-state index in [1.165, 1.54) is 6.42 Å². The molecule has 2 aliphatic carbocycles. The Morgan fingerprint density at radius 3 is 2.23 bits per heavy atom. The van der Waals surface area contributed by atoms with Crippen molar-refractivity contribution in [3.8, 4) is 0 Å². The zero-order valence-electron chi connectivity index (χ0n) is 15.2. The Balaban J connectivity index is 2.52. The van der Waals surface area contributed by atoms with Crippen molar-refractivity contribution in [1.29, 1.82) is 0 Å². The molecule has 4 nitrogen and oxygen atoms in total. The Morgan fingerprint density at radius 1 is 1.27 bits per heavy atom. The summed E-state index contributed by atoms with van der Waals surface area (Å²) in [5, 5.41) is 0. The minimum absolute atomic E-state index is 0.0445. The van der Waals surface area contributed by atoms with Gasteiger partial charge in [0, 0.05) is 0 Å². The number of fused-ring (bicyclic) bond motifs is 2. The molecule has 0 radical (unpaired) electrons. The maximum Gasteiger partial charge on any atom is 0.324 e. The zero-order valence-corrected chi connectivity index (χ0v) is 15.2. The molecule has 0 amide bonds. The molecule has 2 aliphatic rings. The molecule has 0 aliphatic heterocycles. The normalized spacial score (nSPS) is 37.5. The summed E-state index contributed by atoms with van der Waals surface area (Å²) in [7, 11) is 0. The molecular formula is C18H34N2O2. The Kier molecular flexibility index (Phi) is 4.67. The lowest BCUT2D eigenvalue weighted by Crippen LogP contribution is -2.70. The van der Waals surface area contributed by atoms with E-state index in [9.17, 15) is 4.79 Å². The highest BCUT2D eigenvalue weighted by Gasteiger charge is 2.72. The van der Waals surface area contributed by atoms with Crippen LogP contribution in [0.1, 0.15) is 60.8 Å². The molecular weight excluding hydrogens is 276 g/mol. The van der Waals surface area contributed by atoms with Crippen LogP contribution in [0.3, 0.4) is 0 Å². The Morgan fingerprint density at radius 2 is 1.86 bits per heavy atom. The van der Waals surface area contributed by atoms with Crippen molar-refractivity contribution in [1.82, 2.24) is 4.90 Å². The lowest BCUT2D eigenvalue weighted by molar-refractivity contribution is -0.155. The summed E-state index contributed by atoms with van der Waals surface area (Å²) in [5.41, 5.74) is 6.54. The smallest absolute Gasteiger partial charge is 0.324 e. The van der Waals surface area contributed by atoms with Crippen LogP contribution in [-0.2, 0) is 9.53 Å². The molecule has 0 saturated heterocycles. The number of hydrogen-bond acceptors (Lipinski definition) is 4. The van der Waals surface area contributed by atoms with Gasteiger partial charge >= 0.3 is 5.97 Å². The van der Waals surface area contributed by atoms with Crippen molar-refractivity contribution in [2.45, 2.75) is 72.4 Å². The first-order valence-electron chi connectivity index (χ1n) is 8.90. The van der Waals surface area contributed by atoms with Gasteiger partial charge in [-0.3, -0.25) is 9.69 Å². The predicted octanol–water partition coefficient (Wildman–Crippen LogP) is 2.80. The lowest BCUT2D eigenvalue weighted by Gasteiger charge is -2.56. The second-order valence-corrected chi connectivity index (χ2v) is 7.82. The minimum Gasteiger partial charge on any atom is -0.465 e. The van der Waals surface area contributed by atoms with E-state index in [2.05, 4.69) is 39.5 Å². The Hall–Kier alpha value is -0.610. The monoisotopic (exact) mass is 310 g/mol. The molecule has 0 aromatic carbocycles. The second kappa shape index (κ2) is 5.79. The van der Waals surface area contributed by atoms with Gasteiger partial charge in [0.05, 0.1) is 12.1 Å². The van der Waals surface area contributed by atoms with Crippen molar-refractivity contribution >= 4 is 5.97 Å². The van der Waals surface area contributed by atoms with Gasteiger partial charge in [-0.25, -0.2) is 0 Å². The standard InChI is InChI=1S/C18H34N2O2/c1-7-20(8-2)18(14(19)15(21)22-9-3)12-13-10-11-17(18,6)16(13,4)5/h13-14H,7-12,19H2,1-6H3/t13-,14+,17+,18+/m1/s1. The maximum absolute atomic E-state index is 12.5. The number of rotatable bonds is 6. The molecule has 2 bridgehead atoms. The first-order chi connectivity index (χ1) is 10.2. The summed E-state index contributed by atoms with van der Waals surface area (Å²) in [5.74, 6) is 0.401. The summed E-state index contributed by atoms with van der Waals surface area (Å²) in [4.78, 5) is 15.0. The van der Waals surface area contributed by atoms with Crippen molar-refractivity contribution in [2.24, 2.45) is 22.5 Å². The average molecular weight is 310 g/mol. The van der Waals surface area contributed by atoms with Crippen LogP contribution in [0.4, 0.5) is 0 Å². The summed E-state index contributed by atoms with van der Waals surface area (Å²) in [6, 6.07) is -0.568. The Labute approximate surface area is 135 Å². The number of esters is 1. The Bertz CT molecular complexity index is 433. The van der Waals surface area contributed by atoms with E-state index in [0.29, 0.717) is 12.5 Å². The third-order valence-electron chi connectivity index (χ3n) is 7.33. The second-order valence-electron chi connectivity index (χ2n) is 7.82. The molecule has 4 atom stereocenters. The van der Waals surface area contributed by atoms with Crippen molar-refractivity contribution < 1.29 is 9.53 Å². The van der Waals surface area contributed by atoms with Gasteiger partial charge in [-0.05, 0) is 56.0 Å². The van der Waals surface area contributed by atoms with Gasteiger partial charge in [-0.1, -0.05) is 34.6 Å². The first-order valence-corrected chi connectivity index (χ1v) is 8.90.